The zero-order valence-corrected chi connectivity index (χ0v) is 8.11. The zero-order chi connectivity index (χ0) is 9.26. The lowest BCUT2D eigenvalue weighted by Crippen LogP contribution is -2.09. The highest BCUT2D eigenvalue weighted by atomic mass is 32.2. The summed E-state index contributed by atoms with van der Waals surface area (Å²) in [6, 6.07) is 5.03. The summed E-state index contributed by atoms with van der Waals surface area (Å²) in [6.45, 7) is 0.716. The van der Waals surface area contributed by atoms with Crippen LogP contribution in [0.3, 0.4) is 0 Å². The van der Waals surface area contributed by atoms with Crippen LogP contribution >= 0.6 is 11.8 Å². The summed E-state index contributed by atoms with van der Waals surface area (Å²) in [5.41, 5.74) is 6.63. The van der Waals surface area contributed by atoms with E-state index in [1.807, 2.05) is 17.8 Å². The van der Waals surface area contributed by atoms with Crippen molar-refractivity contribution in [2.24, 2.45) is 5.73 Å². The molecule has 0 saturated carbocycles. The Morgan fingerprint density at radius 3 is 3.15 bits per heavy atom. The molecule has 70 valence electrons. The zero-order valence-electron chi connectivity index (χ0n) is 7.29. The molecule has 0 aliphatic carbocycles. The molecule has 1 aliphatic heterocycles. The van der Waals surface area contributed by atoms with E-state index in [1.165, 1.54) is 11.0 Å². The number of benzene rings is 1. The molecule has 1 aromatic rings. The van der Waals surface area contributed by atoms with E-state index in [-0.39, 0.29) is 5.82 Å². The summed E-state index contributed by atoms with van der Waals surface area (Å²) in [7, 11) is 0. The fourth-order valence-corrected chi connectivity index (χ4v) is 2.95. The second kappa shape index (κ2) is 3.68. The van der Waals surface area contributed by atoms with Crippen molar-refractivity contribution in [3.05, 3.63) is 29.6 Å². The highest BCUT2D eigenvalue weighted by Gasteiger charge is 2.21. The Bertz CT molecular complexity index is 314. The first-order valence-electron chi connectivity index (χ1n) is 4.45. The third kappa shape index (κ3) is 1.86. The molecule has 0 bridgehead atoms. The SMILES string of the molecule is NCCC1Cc2cc(F)ccc2S1. The van der Waals surface area contributed by atoms with Crippen molar-refractivity contribution in [2.75, 3.05) is 6.54 Å². The summed E-state index contributed by atoms with van der Waals surface area (Å²) >= 11 is 1.82. The van der Waals surface area contributed by atoms with Crippen LogP contribution in [-0.4, -0.2) is 11.8 Å². The fraction of sp³-hybridized carbons (Fsp3) is 0.400. The maximum atomic E-state index is 12.8. The lowest BCUT2D eigenvalue weighted by Gasteiger charge is -2.03. The van der Waals surface area contributed by atoms with Gasteiger partial charge in [0.05, 0.1) is 0 Å². The van der Waals surface area contributed by atoms with Gasteiger partial charge in [0.2, 0.25) is 0 Å². The molecule has 1 atom stereocenters. The molecule has 0 amide bonds. The molecule has 1 aliphatic rings. The summed E-state index contributed by atoms with van der Waals surface area (Å²) in [6.07, 6.45) is 1.98. The molecule has 1 unspecified atom stereocenters. The van der Waals surface area contributed by atoms with Crippen molar-refractivity contribution in [1.29, 1.82) is 0 Å². The van der Waals surface area contributed by atoms with E-state index in [2.05, 4.69) is 0 Å². The number of hydrogen-bond acceptors (Lipinski definition) is 2. The van der Waals surface area contributed by atoms with Gasteiger partial charge in [-0.25, -0.2) is 4.39 Å². The quantitative estimate of drug-likeness (QED) is 0.786. The molecular formula is C10H12FNS. The van der Waals surface area contributed by atoms with Crippen LogP contribution < -0.4 is 5.73 Å². The Hall–Kier alpha value is -0.540. The Morgan fingerprint density at radius 2 is 2.38 bits per heavy atom. The molecule has 0 fully saturated rings. The third-order valence-electron chi connectivity index (χ3n) is 2.25. The van der Waals surface area contributed by atoms with E-state index < -0.39 is 0 Å². The number of hydrogen-bond donors (Lipinski definition) is 1. The minimum absolute atomic E-state index is 0.132. The van der Waals surface area contributed by atoms with Gasteiger partial charge in [0.1, 0.15) is 5.82 Å². The van der Waals surface area contributed by atoms with Crippen LogP contribution in [0.15, 0.2) is 23.1 Å². The minimum atomic E-state index is -0.132. The van der Waals surface area contributed by atoms with Crippen LogP contribution in [0.5, 0.6) is 0 Å². The normalized spacial score (nSPS) is 20.3. The molecule has 1 aromatic carbocycles. The van der Waals surface area contributed by atoms with Crippen LogP contribution in [0.4, 0.5) is 4.39 Å². The lowest BCUT2D eigenvalue weighted by atomic mass is 10.1. The second-order valence-electron chi connectivity index (χ2n) is 3.27. The highest BCUT2D eigenvalue weighted by Crippen LogP contribution is 2.38. The standard InChI is InChI=1S/C10H12FNS/c11-8-1-2-10-7(5-8)6-9(13-10)3-4-12/h1-2,5,9H,3-4,6,12H2. The largest absolute Gasteiger partial charge is 0.330 e. The molecule has 2 rings (SSSR count). The van der Waals surface area contributed by atoms with Crippen molar-refractivity contribution in [2.45, 2.75) is 23.0 Å². The first-order valence-corrected chi connectivity index (χ1v) is 5.32. The Labute approximate surface area is 81.5 Å². The molecule has 0 spiro atoms. The molecule has 1 heterocycles. The average Bonchev–Trinajstić information content (AvgIpc) is 2.46. The van der Waals surface area contributed by atoms with Gasteiger partial charge in [-0.15, -0.1) is 11.8 Å². The molecule has 13 heavy (non-hydrogen) atoms. The predicted octanol–water partition coefficient (Wildman–Crippen LogP) is 2.19. The number of fused-ring (bicyclic) bond motifs is 1. The topological polar surface area (TPSA) is 26.0 Å². The molecular weight excluding hydrogens is 185 g/mol. The van der Waals surface area contributed by atoms with Crippen LogP contribution in [0.1, 0.15) is 12.0 Å². The number of rotatable bonds is 2. The maximum absolute atomic E-state index is 12.8. The van der Waals surface area contributed by atoms with E-state index in [4.69, 9.17) is 5.73 Å². The van der Waals surface area contributed by atoms with E-state index >= 15 is 0 Å². The highest BCUT2D eigenvalue weighted by molar-refractivity contribution is 8.00. The minimum Gasteiger partial charge on any atom is -0.330 e. The van der Waals surface area contributed by atoms with Crippen LogP contribution in [0, 0.1) is 5.82 Å². The summed E-state index contributed by atoms with van der Waals surface area (Å²) < 4.78 is 12.8. The predicted molar refractivity (Wildman–Crippen MR) is 53.4 cm³/mol. The smallest absolute Gasteiger partial charge is 0.123 e. The maximum Gasteiger partial charge on any atom is 0.123 e. The van der Waals surface area contributed by atoms with Gasteiger partial charge < -0.3 is 5.73 Å². The van der Waals surface area contributed by atoms with Gasteiger partial charge in [-0.3, -0.25) is 0 Å². The summed E-state index contributed by atoms with van der Waals surface area (Å²) in [5, 5.41) is 0.557. The molecule has 0 radical (unpaired) electrons. The van der Waals surface area contributed by atoms with Crippen LogP contribution in [-0.2, 0) is 6.42 Å². The Morgan fingerprint density at radius 1 is 1.54 bits per heavy atom. The number of nitrogens with two attached hydrogens (primary N) is 1. The fourth-order valence-electron chi connectivity index (χ4n) is 1.64. The number of halogens is 1. The van der Waals surface area contributed by atoms with E-state index in [0.29, 0.717) is 11.8 Å². The van der Waals surface area contributed by atoms with Crippen LogP contribution in [0.25, 0.3) is 0 Å². The van der Waals surface area contributed by atoms with Crippen molar-refractivity contribution >= 4 is 11.8 Å². The molecule has 3 heteroatoms. The molecule has 0 aromatic heterocycles. The van der Waals surface area contributed by atoms with E-state index in [1.54, 1.807) is 6.07 Å². The van der Waals surface area contributed by atoms with Gasteiger partial charge in [0, 0.05) is 10.1 Å². The van der Waals surface area contributed by atoms with Gasteiger partial charge in [-0.1, -0.05) is 0 Å². The van der Waals surface area contributed by atoms with E-state index in [9.17, 15) is 4.39 Å². The van der Waals surface area contributed by atoms with Crippen molar-refractivity contribution in [1.82, 2.24) is 0 Å². The monoisotopic (exact) mass is 197 g/mol. The van der Waals surface area contributed by atoms with E-state index in [0.717, 1.165) is 18.4 Å². The third-order valence-corrected chi connectivity index (χ3v) is 3.64. The molecule has 2 N–H and O–H groups in total. The Balaban J connectivity index is 2.16. The first-order chi connectivity index (χ1) is 6.29. The van der Waals surface area contributed by atoms with Gasteiger partial charge in [0.25, 0.3) is 0 Å². The molecule has 1 nitrogen and oxygen atoms in total. The lowest BCUT2D eigenvalue weighted by molar-refractivity contribution is 0.623. The van der Waals surface area contributed by atoms with Gasteiger partial charge in [-0.2, -0.15) is 0 Å². The first kappa shape index (κ1) is 9.03. The van der Waals surface area contributed by atoms with Crippen molar-refractivity contribution in [3.63, 3.8) is 0 Å². The number of thioether (sulfide) groups is 1. The summed E-state index contributed by atoms with van der Waals surface area (Å²) in [5.74, 6) is -0.132. The van der Waals surface area contributed by atoms with Crippen molar-refractivity contribution < 1.29 is 4.39 Å². The van der Waals surface area contributed by atoms with Gasteiger partial charge in [-0.05, 0) is 43.1 Å². The average molecular weight is 197 g/mol. The molecule has 0 saturated heterocycles. The Kier molecular flexibility index (Phi) is 2.56. The second-order valence-corrected chi connectivity index (χ2v) is 4.62. The van der Waals surface area contributed by atoms with Crippen LogP contribution in [0.2, 0.25) is 0 Å². The van der Waals surface area contributed by atoms with Gasteiger partial charge in [0.15, 0.2) is 0 Å². The summed E-state index contributed by atoms with van der Waals surface area (Å²) in [4.78, 5) is 1.22. The van der Waals surface area contributed by atoms with Gasteiger partial charge >= 0.3 is 0 Å². The van der Waals surface area contributed by atoms with Crippen molar-refractivity contribution in [3.8, 4) is 0 Å².